The molecule has 1 heterocycles. The van der Waals surface area contributed by atoms with E-state index in [2.05, 4.69) is 0 Å². The van der Waals surface area contributed by atoms with E-state index in [1.807, 2.05) is 37.8 Å². The third kappa shape index (κ3) is 9.70. The molecule has 0 amide bonds. The zero-order chi connectivity index (χ0) is 20.9. The second kappa shape index (κ2) is 13.7. The lowest BCUT2D eigenvalue weighted by Crippen LogP contribution is -2.08. The van der Waals surface area contributed by atoms with Gasteiger partial charge in [-0.05, 0) is 69.9 Å². The predicted octanol–water partition coefficient (Wildman–Crippen LogP) is 5.82. The van der Waals surface area contributed by atoms with Gasteiger partial charge in [-0.2, -0.15) is 0 Å². The summed E-state index contributed by atoms with van der Waals surface area (Å²) in [6.07, 6.45) is 17.5. The number of carboxylic acids is 1. The molecule has 1 aliphatic rings. The van der Waals surface area contributed by atoms with Crippen molar-refractivity contribution in [2.45, 2.75) is 77.0 Å². The zero-order valence-corrected chi connectivity index (χ0v) is 17.8. The molecule has 4 nitrogen and oxygen atoms in total. The molecular weight excluding hydrogens is 384 g/mol. The Morgan fingerprint density at radius 2 is 1.31 bits per heavy atom. The lowest BCUT2D eigenvalue weighted by molar-refractivity contribution is -0.137. The molecule has 1 N–H and O–H groups in total. The minimum absolute atomic E-state index is 0.210. The number of hydrogen-bond acceptors (Lipinski definition) is 4. The second-order valence-corrected chi connectivity index (χ2v) is 8.68. The molecule has 29 heavy (non-hydrogen) atoms. The van der Waals surface area contributed by atoms with Crippen LogP contribution in [0.2, 0.25) is 0 Å². The maximum atomic E-state index is 12.3. The molecule has 157 valence electrons. The van der Waals surface area contributed by atoms with E-state index in [0.29, 0.717) is 19.3 Å². The van der Waals surface area contributed by atoms with Crippen LogP contribution in [0.3, 0.4) is 0 Å². The van der Waals surface area contributed by atoms with Crippen molar-refractivity contribution in [2.24, 2.45) is 0 Å². The van der Waals surface area contributed by atoms with Crippen molar-refractivity contribution in [3.63, 3.8) is 0 Å². The topological polar surface area (TPSA) is 71.4 Å². The molecule has 1 fully saturated rings. The van der Waals surface area contributed by atoms with Gasteiger partial charge in [0.15, 0.2) is 5.78 Å². The van der Waals surface area contributed by atoms with Gasteiger partial charge in [-0.15, -0.1) is 11.3 Å². The van der Waals surface area contributed by atoms with Crippen molar-refractivity contribution in [1.82, 2.24) is 0 Å². The van der Waals surface area contributed by atoms with Crippen LogP contribution >= 0.6 is 11.3 Å². The van der Waals surface area contributed by atoms with Gasteiger partial charge in [0.05, 0.1) is 4.88 Å². The van der Waals surface area contributed by atoms with Crippen molar-refractivity contribution in [2.75, 3.05) is 0 Å². The first-order chi connectivity index (χ1) is 14.1. The number of carbonyl (C=O) groups is 3. The van der Waals surface area contributed by atoms with Crippen LogP contribution in [0.25, 0.3) is 0 Å². The highest BCUT2D eigenvalue weighted by molar-refractivity contribution is 7.14. The first kappa shape index (κ1) is 23.8. The van der Waals surface area contributed by atoms with Crippen LogP contribution in [-0.2, 0) is 16.0 Å². The van der Waals surface area contributed by atoms with E-state index in [4.69, 9.17) is 5.11 Å². The molecule has 0 spiro atoms. The Morgan fingerprint density at radius 1 is 0.724 bits per heavy atom. The van der Waals surface area contributed by atoms with Gasteiger partial charge >= 0.3 is 5.97 Å². The fourth-order valence-electron chi connectivity index (χ4n) is 3.34. The van der Waals surface area contributed by atoms with Gasteiger partial charge in [-0.25, -0.2) is 0 Å². The lowest BCUT2D eigenvalue weighted by atomic mass is 9.97. The van der Waals surface area contributed by atoms with Crippen molar-refractivity contribution < 1.29 is 19.5 Å². The predicted molar refractivity (Wildman–Crippen MR) is 116 cm³/mol. The van der Waals surface area contributed by atoms with Crippen molar-refractivity contribution in [3.05, 3.63) is 53.5 Å². The number of carbonyl (C=O) groups excluding carboxylic acids is 2. The Morgan fingerprint density at radius 3 is 1.97 bits per heavy atom. The smallest absolute Gasteiger partial charge is 0.303 e. The quantitative estimate of drug-likeness (QED) is 0.273. The molecule has 5 heteroatoms. The van der Waals surface area contributed by atoms with Gasteiger partial charge in [0.2, 0.25) is 0 Å². The zero-order valence-electron chi connectivity index (χ0n) is 17.0. The molecule has 2 rings (SSSR count). The number of aryl methyl sites for hydroxylation is 1. The molecule has 0 aromatic carbocycles. The number of aliphatic carboxylic acids is 1. The Labute approximate surface area is 179 Å². The van der Waals surface area contributed by atoms with Crippen molar-refractivity contribution in [3.8, 4) is 0 Å². The fraction of sp³-hybridized carbons (Fsp3) is 0.500. The highest BCUT2D eigenvalue weighted by Crippen LogP contribution is 2.26. The molecule has 1 aliphatic carbocycles. The van der Waals surface area contributed by atoms with E-state index >= 15 is 0 Å². The average molecular weight is 416 g/mol. The van der Waals surface area contributed by atoms with Crippen LogP contribution in [0.4, 0.5) is 0 Å². The normalized spacial score (nSPS) is 14.3. The summed E-state index contributed by atoms with van der Waals surface area (Å²) in [5.74, 6) is 0.517. The summed E-state index contributed by atoms with van der Waals surface area (Å²) in [6.45, 7) is 0. The maximum absolute atomic E-state index is 12.3. The van der Waals surface area contributed by atoms with Gasteiger partial charge in [0, 0.05) is 30.1 Å². The van der Waals surface area contributed by atoms with Gasteiger partial charge in [-0.1, -0.05) is 25.7 Å². The van der Waals surface area contributed by atoms with E-state index in [9.17, 15) is 14.4 Å². The Kier molecular flexibility index (Phi) is 11.2. The molecule has 1 saturated carbocycles. The SMILES string of the molecule is O=C(O)CCCCc1ccc(C(=O)CCCCCCCCC(=O)[C]2[CH][CH][CH][CH]2)s1. The number of Topliss-reactive ketones (excluding diaryl/α,β-unsaturated/α-hetero) is 2. The van der Waals surface area contributed by atoms with Gasteiger partial charge in [0.25, 0.3) is 0 Å². The largest absolute Gasteiger partial charge is 0.481 e. The van der Waals surface area contributed by atoms with Crippen LogP contribution in [0.5, 0.6) is 0 Å². The van der Waals surface area contributed by atoms with Crippen LogP contribution < -0.4 is 0 Å². The minimum atomic E-state index is -0.751. The fourth-order valence-corrected chi connectivity index (χ4v) is 4.36. The third-order valence-corrected chi connectivity index (χ3v) is 6.23. The highest BCUT2D eigenvalue weighted by atomic mass is 32.1. The molecule has 1 aromatic heterocycles. The molecule has 0 bridgehead atoms. The number of ketones is 2. The number of thiophene rings is 1. The van der Waals surface area contributed by atoms with Gasteiger partial charge < -0.3 is 5.11 Å². The van der Waals surface area contributed by atoms with Gasteiger partial charge in [-0.3, -0.25) is 14.4 Å². The minimum Gasteiger partial charge on any atom is -0.481 e. The highest BCUT2D eigenvalue weighted by Gasteiger charge is 2.23. The number of unbranched alkanes of at least 4 members (excludes halogenated alkanes) is 6. The first-order valence-corrected chi connectivity index (χ1v) is 11.5. The Bertz CT molecular complexity index is 643. The van der Waals surface area contributed by atoms with Crippen LogP contribution in [0, 0.1) is 31.6 Å². The summed E-state index contributed by atoms with van der Waals surface area (Å²) < 4.78 is 0. The lowest BCUT2D eigenvalue weighted by Gasteiger charge is -2.06. The van der Waals surface area contributed by atoms with E-state index in [1.165, 1.54) is 0 Å². The molecule has 5 radical (unpaired) electrons. The molecule has 0 atom stereocenters. The summed E-state index contributed by atoms with van der Waals surface area (Å²) in [4.78, 5) is 36.7. The standard InChI is InChI=1S/C24H31O4S/c25-21(19-11-7-8-12-19)14-5-3-1-2-4-6-15-22(26)23-18-17-20(29-23)13-9-10-16-24(27)28/h7-8,11-12,17-18H,1-6,9-10,13-16H2,(H,27,28). The monoisotopic (exact) mass is 415 g/mol. The summed E-state index contributed by atoms with van der Waals surface area (Å²) in [6, 6.07) is 3.90. The van der Waals surface area contributed by atoms with Gasteiger partial charge in [0.1, 0.15) is 5.78 Å². The Balaban J connectivity index is 1.47. The molecule has 1 aromatic rings. The van der Waals surface area contributed by atoms with Crippen LogP contribution in [-0.4, -0.2) is 22.6 Å². The maximum Gasteiger partial charge on any atom is 0.303 e. The first-order valence-electron chi connectivity index (χ1n) is 10.6. The summed E-state index contributed by atoms with van der Waals surface area (Å²) >= 11 is 1.55. The number of rotatable bonds is 16. The Hall–Kier alpha value is -1.49. The number of carboxylic acid groups (broad SMARTS) is 1. The number of hydrogen-bond donors (Lipinski definition) is 1. The summed E-state index contributed by atoms with van der Waals surface area (Å²) in [5.41, 5.74) is 0. The van der Waals surface area contributed by atoms with Crippen molar-refractivity contribution >= 4 is 28.9 Å². The average Bonchev–Trinajstić information content (AvgIpc) is 3.39. The van der Waals surface area contributed by atoms with Crippen LogP contribution in [0.1, 0.15) is 85.2 Å². The van der Waals surface area contributed by atoms with E-state index < -0.39 is 5.97 Å². The molecule has 0 aliphatic heterocycles. The second-order valence-electron chi connectivity index (χ2n) is 7.51. The molecule has 0 saturated heterocycles. The van der Waals surface area contributed by atoms with Crippen LogP contribution in [0.15, 0.2) is 12.1 Å². The van der Waals surface area contributed by atoms with E-state index in [0.717, 1.165) is 67.0 Å². The van der Waals surface area contributed by atoms with E-state index in [1.54, 1.807) is 11.3 Å². The van der Waals surface area contributed by atoms with E-state index in [-0.39, 0.29) is 18.0 Å². The third-order valence-electron chi connectivity index (χ3n) is 5.04. The summed E-state index contributed by atoms with van der Waals surface area (Å²) in [7, 11) is 0. The molecular formula is C24H31O4S. The van der Waals surface area contributed by atoms with Crippen molar-refractivity contribution in [1.29, 1.82) is 0 Å². The summed E-state index contributed by atoms with van der Waals surface area (Å²) in [5, 5.41) is 8.65. The molecule has 0 unspecified atom stereocenters.